The molecule has 1 aliphatic carbocycles. The van der Waals surface area contributed by atoms with Gasteiger partial charge in [-0.1, -0.05) is 328 Å². The third-order valence-corrected chi connectivity index (χ3v) is 25.9. The molecule has 596 valence electrons. The van der Waals surface area contributed by atoms with Crippen LogP contribution in [0.5, 0.6) is 0 Å². The van der Waals surface area contributed by atoms with E-state index >= 15 is 0 Å². The van der Waals surface area contributed by atoms with E-state index in [2.05, 4.69) is 517 Å². The maximum absolute atomic E-state index is 2.57. The third-order valence-electron chi connectivity index (χ3n) is 24.7. The second kappa shape index (κ2) is 34.1. The van der Waals surface area contributed by atoms with E-state index in [1.54, 1.807) is 0 Å². The molecule has 1 atom stereocenters. The van der Waals surface area contributed by atoms with Crippen LogP contribution < -0.4 is 19.6 Å². The van der Waals surface area contributed by atoms with Gasteiger partial charge in [0, 0.05) is 110 Å². The monoisotopic (exact) mass is 1620 g/mol. The minimum Gasteiger partial charge on any atom is -0.334 e. The predicted octanol–water partition coefficient (Wildman–Crippen LogP) is 33.4. The molecule has 1 aliphatic rings. The molecule has 0 amide bonds. The molecule has 2 heterocycles. The highest BCUT2D eigenvalue weighted by Crippen LogP contribution is 2.51. The number of hydrogen-bond donors (Lipinski definition) is 0. The second-order valence-corrected chi connectivity index (χ2v) is 33.3. The molecule has 0 radical (unpaired) electrons. The van der Waals surface area contributed by atoms with Crippen LogP contribution in [0.25, 0.3) is 103 Å². The van der Waals surface area contributed by atoms with Crippen LogP contribution in [-0.2, 0) is 0 Å². The topological polar surface area (TPSA) is 17.9 Å². The van der Waals surface area contributed by atoms with Crippen molar-refractivity contribution in [3.05, 3.63) is 507 Å². The van der Waals surface area contributed by atoms with Gasteiger partial charge in [-0.2, -0.15) is 0 Å². The minimum atomic E-state index is 0.125. The van der Waals surface area contributed by atoms with Crippen LogP contribution in [0.3, 0.4) is 0 Å². The van der Waals surface area contributed by atoms with Crippen LogP contribution in [0.1, 0.15) is 40.2 Å². The van der Waals surface area contributed by atoms with Gasteiger partial charge >= 0.3 is 0 Å². The smallest absolute Gasteiger partial charge is 0.0560 e. The van der Waals surface area contributed by atoms with Crippen LogP contribution in [-0.4, -0.2) is 10.6 Å². The van der Waals surface area contributed by atoms with Gasteiger partial charge in [0.25, 0.3) is 0 Å². The molecular weight excluding hydrogens is 1530 g/mol. The molecule has 0 saturated heterocycles. The van der Waals surface area contributed by atoms with Gasteiger partial charge in [0.15, 0.2) is 0 Å². The number of anilines is 11. The van der Waals surface area contributed by atoms with Gasteiger partial charge in [0.05, 0.1) is 22.8 Å². The van der Waals surface area contributed by atoms with E-state index < -0.39 is 0 Å². The Hall–Kier alpha value is -15.6. The second-order valence-electron chi connectivity index (χ2n) is 32.3. The maximum atomic E-state index is 2.57. The molecule has 0 N–H and O–H groups in total. The molecular formula is C119H89N5S. The van der Waals surface area contributed by atoms with Crippen molar-refractivity contribution in [3.63, 3.8) is 0 Å². The molecule has 125 heavy (non-hydrogen) atoms. The van der Waals surface area contributed by atoms with Crippen molar-refractivity contribution >= 4 is 137 Å². The zero-order valence-electron chi connectivity index (χ0n) is 69.6. The molecule has 2 aromatic heterocycles. The summed E-state index contributed by atoms with van der Waals surface area (Å²) in [5.74, 6) is 0.125. The lowest BCUT2D eigenvalue weighted by atomic mass is 9.85. The number of thiophene rings is 1. The minimum absolute atomic E-state index is 0.125. The highest BCUT2D eigenvalue weighted by molar-refractivity contribution is 7.26. The zero-order chi connectivity index (χ0) is 83.5. The summed E-state index contributed by atoms with van der Waals surface area (Å²) in [7, 11) is 0. The average molecular weight is 1620 g/mol. The molecule has 22 rings (SSSR count). The Labute approximate surface area is 734 Å². The Morgan fingerprint density at radius 3 is 1.13 bits per heavy atom. The van der Waals surface area contributed by atoms with Crippen LogP contribution in [0, 0.1) is 13.8 Å². The maximum Gasteiger partial charge on any atom is 0.0560 e. The Bertz CT molecular complexity index is 7350. The molecule has 0 fully saturated rings. The number of rotatable bonds is 19. The van der Waals surface area contributed by atoms with Crippen LogP contribution >= 0.6 is 11.3 Å². The highest BCUT2D eigenvalue weighted by Gasteiger charge is 2.28. The first-order chi connectivity index (χ1) is 61.9. The Morgan fingerprint density at radius 1 is 0.280 bits per heavy atom. The van der Waals surface area contributed by atoms with Gasteiger partial charge in [0.2, 0.25) is 0 Å². The fourth-order valence-electron chi connectivity index (χ4n) is 18.9. The third kappa shape index (κ3) is 14.9. The number of aromatic nitrogens is 1. The first-order valence-corrected chi connectivity index (χ1v) is 44.0. The summed E-state index contributed by atoms with van der Waals surface area (Å²) in [6.45, 7) is 4.60. The van der Waals surface area contributed by atoms with Crippen LogP contribution in [0.4, 0.5) is 62.6 Å². The normalized spacial score (nSPS) is 12.5. The van der Waals surface area contributed by atoms with E-state index in [0.29, 0.717) is 0 Å². The fourth-order valence-corrected chi connectivity index (χ4v) is 20.2. The molecule has 19 aromatic carbocycles. The molecule has 0 spiro atoms. The number of fused-ring (bicyclic) bond motifs is 8. The van der Waals surface area contributed by atoms with Crippen molar-refractivity contribution in [3.8, 4) is 39.1 Å². The summed E-state index contributed by atoms with van der Waals surface area (Å²) in [4.78, 5) is 9.64. The van der Waals surface area contributed by atoms with Crippen LogP contribution in [0.2, 0.25) is 0 Å². The van der Waals surface area contributed by atoms with E-state index in [1.165, 1.54) is 136 Å². The number of hydrogen-bond acceptors (Lipinski definition) is 5. The van der Waals surface area contributed by atoms with Crippen molar-refractivity contribution in [2.24, 2.45) is 0 Å². The largest absolute Gasteiger partial charge is 0.334 e. The molecule has 21 aromatic rings. The number of aryl methyl sites for hydroxylation is 2. The molecule has 6 heteroatoms. The van der Waals surface area contributed by atoms with E-state index in [4.69, 9.17) is 0 Å². The Kier molecular flexibility index (Phi) is 21.0. The quantitative estimate of drug-likeness (QED) is 0.0751. The Morgan fingerprint density at radius 2 is 0.640 bits per heavy atom. The first-order valence-electron chi connectivity index (χ1n) is 43.2. The van der Waals surface area contributed by atoms with Gasteiger partial charge in [0.1, 0.15) is 0 Å². The zero-order valence-corrected chi connectivity index (χ0v) is 70.4. The number of para-hydroxylation sites is 6. The molecule has 0 bridgehead atoms. The van der Waals surface area contributed by atoms with E-state index in [0.717, 1.165) is 63.3 Å². The molecule has 0 aliphatic heterocycles. The summed E-state index contributed by atoms with van der Waals surface area (Å²) in [5, 5.41) is 10.1. The van der Waals surface area contributed by atoms with Gasteiger partial charge in [-0.3, -0.25) is 0 Å². The predicted molar refractivity (Wildman–Crippen MR) is 534 cm³/mol. The lowest BCUT2D eigenvalue weighted by Gasteiger charge is -2.35. The SMILES string of the molecule is Cc1cc(N(c2ccccc2)c2ccc(N(c3ccccc3)c3ccccc3)cc2)c2ccccc2c1-c1c(C)cc(N(c2ccc(C(c3ccccc3)c3ccccc3)cc2)C2C=CC=CC2)c2ccccc12.c1ccc(N(c2ccc(-c3ccc(-n4c5ccccc5c5ccccc54)cc3)cc2)c2ccc(-c3cccc4c3sc3ccccc34)cc2)cc1. The lowest BCUT2D eigenvalue weighted by molar-refractivity contribution is 0.786. The lowest BCUT2D eigenvalue weighted by Crippen LogP contribution is -2.30. The summed E-state index contributed by atoms with van der Waals surface area (Å²) >= 11 is 1.88. The van der Waals surface area contributed by atoms with Crippen molar-refractivity contribution in [2.45, 2.75) is 32.2 Å². The van der Waals surface area contributed by atoms with Crippen molar-refractivity contribution in [1.82, 2.24) is 4.57 Å². The van der Waals surface area contributed by atoms with Gasteiger partial charge in [-0.05, 0) is 244 Å². The van der Waals surface area contributed by atoms with Gasteiger partial charge < -0.3 is 24.2 Å². The van der Waals surface area contributed by atoms with E-state index in [9.17, 15) is 0 Å². The fraction of sp³-hybridized carbons (Fsp3) is 0.0420. The van der Waals surface area contributed by atoms with Crippen LogP contribution in [0.15, 0.2) is 479 Å². The highest BCUT2D eigenvalue weighted by atomic mass is 32.1. The molecule has 5 nitrogen and oxygen atoms in total. The standard InChI is InChI=1S/C71H57N3.C48H32N2S/c1-51-49-67(73(58-33-17-7-18-34-58)61-43-41-55(42-44-61)71(53-25-9-3-10-26-53)54-27-11-4-12-28-54)63-37-21-23-39-65(63)69(51)70-52(2)50-68(64-38-22-24-40-66(64)70)74(59-35-19-8-20-36-59)62-47-45-60(46-48-62)72(56-29-13-5-14-30-56)57-31-15-6-16-32-57;1-2-11-36(12-3-1)49(38-31-25-35(26-32-38)40-16-10-17-44-43-15-6-9-20-47(43)51-48(40)44)37-27-21-33(22-28-37)34-23-29-39(30-24-34)50-45-18-7-4-13-41(45)42-14-5-8-19-46(42)50/h3-33,35-50,58,71H,34H2,1-2H3;1-32H. The van der Waals surface area contributed by atoms with Crippen molar-refractivity contribution in [2.75, 3.05) is 19.6 Å². The molecule has 1 unspecified atom stereocenters. The summed E-state index contributed by atoms with van der Waals surface area (Å²) in [6, 6.07) is 165. The first kappa shape index (κ1) is 76.8. The summed E-state index contributed by atoms with van der Waals surface area (Å²) in [6.07, 6.45) is 9.94. The van der Waals surface area contributed by atoms with Crippen molar-refractivity contribution < 1.29 is 0 Å². The van der Waals surface area contributed by atoms with Gasteiger partial charge in [-0.25, -0.2) is 0 Å². The van der Waals surface area contributed by atoms with E-state index in [1.807, 2.05) is 11.3 Å². The van der Waals surface area contributed by atoms with E-state index in [-0.39, 0.29) is 12.0 Å². The van der Waals surface area contributed by atoms with Crippen molar-refractivity contribution in [1.29, 1.82) is 0 Å². The van der Waals surface area contributed by atoms with Gasteiger partial charge in [-0.15, -0.1) is 11.3 Å². The number of allylic oxidation sites excluding steroid dienone is 2. The summed E-state index contributed by atoms with van der Waals surface area (Å²) < 4.78 is 5.03. The molecule has 0 saturated carbocycles. The number of benzene rings is 19. The Balaban J connectivity index is 0.000000163. The number of nitrogens with zero attached hydrogens (tertiary/aromatic N) is 5. The average Bonchev–Trinajstić information content (AvgIpc) is 1.33. The summed E-state index contributed by atoms with van der Waals surface area (Å²) in [5.41, 5.74) is 29.7.